The summed E-state index contributed by atoms with van der Waals surface area (Å²) in [5, 5.41) is 7.36. The molecule has 0 saturated heterocycles. The average Bonchev–Trinajstić information content (AvgIpc) is 2.76. The van der Waals surface area contributed by atoms with Crippen molar-refractivity contribution in [2.45, 2.75) is 13.5 Å². The van der Waals surface area contributed by atoms with Gasteiger partial charge in [-0.3, -0.25) is 9.48 Å². The van der Waals surface area contributed by atoms with Gasteiger partial charge in [0.15, 0.2) is 5.69 Å². The Balaban J connectivity index is 2.25. The Morgan fingerprint density at radius 2 is 2.21 bits per heavy atom. The quantitative estimate of drug-likeness (QED) is 0.915. The van der Waals surface area contributed by atoms with E-state index in [4.69, 9.17) is 28.9 Å². The number of aromatic nitrogens is 2. The lowest BCUT2D eigenvalue weighted by molar-refractivity contribution is 0.102. The van der Waals surface area contributed by atoms with Gasteiger partial charge >= 0.3 is 0 Å². The highest BCUT2D eigenvalue weighted by Gasteiger charge is 2.16. The third kappa shape index (κ3) is 2.83. The lowest BCUT2D eigenvalue weighted by atomic mass is 10.3. The van der Waals surface area contributed by atoms with Gasteiger partial charge in [0, 0.05) is 12.7 Å². The van der Waals surface area contributed by atoms with Gasteiger partial charge in [0.2, 0.25) is 0 Å². The third-order valence-corrected chi connectivity index (χ3v) is 3.35. The summed E-state index contributed by atoms with van der Waals surface area (Å²) < 4.78 is 1.59. The minimum Gasteiger partial charge on any atom is -0.396 e. The standard InChI is InChI=1S/C12H12Cl2N4O/c1-2-18-6-8(15)11(17-18)12(19)16-9-5-3-4-7(13)10(9)14/h3-6H,2,15H2,1H3,(H,16,19). The Labute approximate surface area is 120 Å². The van der Waals surface area contributed by atoms with E-state index < -0.39 is 5.91 Å². The molecule has 1 aromatic carbocycles. The molecular formula is C12H12Cl2N4O. The summed E-state index contributed by atoms with van der Waals surface area (Å²) >= 11 is 11.9. The number of nitrogens with zero attached hydrogens (tertiary/aromatic N) is 2. The van der Waals surface area contributed by atoms with Crippen molar-refractivity contribution in [1.29, 1.82) is 0 Å². The SMILES string of the molecule is CCn1cc(N)c(C(=O)Nc2cccc(Cl)c2Cl)n1. The van der Waals surface area contributed by atoms with Gasteiger partial charge in [0.25, 0.3) is 5.91 Å². The van der Waals surface area contributed by atoms with Crippen LogP contribution >= 0.6 is 23.2 Å². The first kappa shape index (κ1) is 13.7. The summed E-state index contributed by atoms with van der Waals surface area (Å²) in [6.45, 7) is 2.54. The molecule has 1 amide bonds. The predicted molar refractivity (Wildman–Crippen MR) is 76.7 cm³/mol. The molecule has 100 valence electrons. The summed E-state index contributed by atoms with van der Waals surface area (Å²) in [5.74, 6) is -0.422. The van der Waals surface area contributed by atoms with Crippen molar-refractivity contribution in [2.24, 2.45) is 0 Å². The second kappa shape index (κ2) is 5.50. The largest absolute Gasteiger partial charge is 0.396 e. The highest BCUT2D eigenvalue weighted by Crippen LogP contribution is 2.29. The van der Waals surface area contributed by atoms with Gasteiger partial charge < -0.3 is 11.1 Å². The van der Waals surface area contributed by atoms with E-state index in [1.54, 1.807) is 29.1 Å². The van der Waals surface area contributed by atoms with Gasteiger partial charge in [0.05, 0.1) is 21.4 Å². The molecule has 0 fully saturated rings. The van der Waals surface area contributed by atoms with Crippen LogP contribution < -0.4 is 11.1 Å². The fourth-order valence-electron chi connectivity index (χ4n) is 1.56. The van der Waals surface area contributed by atoms with E-state index in [9.17, 15) is 4.79 Å². The molecule has 3 N–H and O–H groups in total. The monoisotopic (exact) mass is 298 g/mol. The molecule has 0 bridgehead atoms. The van der Waals surface area contributed by atoms with Crippen LogP contribution in [0.3, 0.4) is 0 Å². The van der Waals surface area contributed by atoms with Crippen LogP contribution in [0.1, 0.15) is 17.4 Å². The molecule has 7 heteroatoms. The molecule has 0 radical (unpaired) electrons. The van der Waals surface area contributed by atoms with Crippen LogP contribution in [0.25, 0.3) is 0 Å². The zero-order valence-electron chi connectivity index (χ0n) is 10.2. The molecule has 0 atom stereocenters. The van der Waals surface area contributed by atoms with Gasteiger partial charge in [-0.1, -0.05) is 29.3 Å². The first-order valence-corrected chi connectivity index (χ1v) is 6.36. The number of hydrogen-bond donors (Lipinski definition) is 2. The van der Waals surface area contributed by atoms with Crippen molar-refractivity contribution in [3.63, 3.8) is 0 Å². The Bertz CT molecular complexity index is 624. The molecule has 0 aliphatic rings. The summed E-state index contributed by atoms with van der Waals surface area (Å²) in [4.78, 5) is 12.1. The maximum Gasteiger partial charge on any atom is 0.278 e. The number of nitrogens with one attached hydrogen (secondary N) is 1. The van der Waals surface area contributed by atoms with Crippen molar-refractivity contribution in [3.8, 4) is 0 Å². The minimum atomic E-state index is -0.422. The topological polar surface area (TPSA) is 72.9 Å². The number of aryl methyl sites for hydroxylation is 1. The van der Waals surface area contributed by atoms with Gasteiger partial charge in [-0.25, -0.2) is 0 Å². The van der Waals surface area contributed by atoms with E-state index in [-0.39, 0.29) is 10.7 Å². The molecule has 0 spiro atoms. The number of carbonyl (C=O) groups is 1. The summed E-state index contributed by atoms with van der Waals surface area (Å²) in [5.41, 5.74) is 6.64. The number of anilines is 2. The lowest BCUT2D eigenvalue weighted by Crippen LogP contribution is -2.15. The summed E-state index contributed by atoms with van der Waals surface area (Å²) in [6, 6.07) is 4.98. The van der Waals surface area contributed by atoms with E-state index in [0.29, 0.717) is 22.9 Å². The van der Waals surface area contributed by atoms with Crippen LogP contribution in [0.5, 0.6) is 0 Å². The number of rotatable bonds is 3. The molecule has 0 saturated carbocycles. The van der Waals surface area contributed by atoms with Crippen LogP contribution in [0.4, 0.5) is 11.4 Å². The van der Waals surface area contributed by atoms with Gasteiger partial charge in [-0.05, 0) is 19.1 Å². The highest BCUT2D eigenvalue weighted by atomic mass is 35.5. The average molecular weight is 299 g/mol. The Hall–Kier alpha value is -1.72. The van der Waals surface area contributed by atoms with E-state index in [2.05, 4.69) is 10.4 Å². The lowest BCUT2D eigenvalue weighted by Gasteiger charge is -2.07. The fraction of sp³-hybridized carbons (Fsp3) is 0.167. The number of benzene rings is 1. The van der Waals surface area contributed by atoms with E-state index in [1.165, 1.54) is 0 Å². The molecule has 0 aliphatic heterocycles. The smallest absolute Gasteiger partial charge is 0.278 e. The third-order valence-electron chi connectivity index (χ3n) is 2.53. The Morgan fingerprint density at radius 3 is 2.84 bits per heavy atom. The summed E-state index contributed by atoms with van der Waals surface area (Å²) in [7, 11) is 0. The van der Waals surface area contributed by atoms with Crippen LogP contribution in [-0.4, -0.2) is 15.7 Å². The molecule has 0 aliphatic carbocycles. The zero-order valence-corrected chi connectivity index (χ0v) is 11.7. The molecule has 1 aromatic heterocycles. The molecular weight excluding hydrogens is 287 g/mol. The Kier molecular flexibility index (Phi) is 3.97. The second-order valence-corrected chi connectivity index (χ2v) is 4.63. The second-order valence-electron chi connectivity index (χ2n) is 3.84. The molecule has 0 unspecified atom stereocenters. The number of amides is 1. The molecule has 2 rings (SSSR count). The molecule has 19 heavy (non-hydrogen) atoms. The Morgan fingerprint density at radius 1 is 1.47 bits per heavy atom. The van der Waals surface area contributed by atoms with Crippen molar-refractivity contribution >= 4 is 40.5 Å². The van der Waals surface area contributed by atoms with Crippen molar-refractivity contribution in [2.75, 3.05) is 11.1 Å². The first-order valence-electron chi connectivity index (χ1n) is 5.61. The fourth-order valence-corrected chi connectivity index (χ4v) is 1.90. The van der Waals surface area contributed by atoms with E-state index >= 15 is 0 Å². The molecule has 5 nitrogen and oxygen atoms in total. The van der Waals surface area contributed by atoms with Gasteiger partial charge in [0.1, 0.15) is 0 Å². The number of nitrogens with two attached hydrogens (primary N) is 1. The van der Waals surface area contributed by atoms with Gasteiger partial charge in [-0.2, -0.15) is 5.10 Å². The van der Waals surface area contributed by atoms with E-state index in [1.807, 2.05) is 6.92 Å². The zero-order chi connectivity index (χ0) is 14.0. The molecule has 2 aromatic rings. The minimum absolute atomic E-state index is 0.165. The van der Waals surface area contributed by atoms with Crippen LogP contribution in [0.15, 0.2) is 24.4 Å². The predicted octanol–water partition coefficient (Wildman–Crippen LogP) is 3.04. The van der Waals surface area contributed by atoms with Crippen LogP contribution in [0.2, 0.25) is 10.0 Å². The summed E-state index contributed by atoms with van der Waals surface area (Å²) in [6.07, 6.45) is 1.61. The van der Waals surface area contributed by atoms with Crippen LogP contribution in [-0.2, 0) is 6.54 Å². The number of nitrogen functional groups attached to an aromatic ring is 1. The molecule has 1 heterocycles. The number of hydrogen-bond acceptors (Lipinski definition) is 3. The number of carbonyl (C=O) groups excluding carboxylic acids is 1. The maximum absolute atomic E-state index is 12.1. The van der Waals surface area contributed by atoms with Crippen molar-refractivity contribution in [3.05, 3.63) is 40.1 Å². The first-order chi connectivity index (χ1) is 9.02. The van der Waals surface area contributed by atoms with Crippen molar-refractivity contribution < 1.29 is 4.79 Å². The highest BCUT2D eigenvalue weighted by molar-refractivity contribution is 6.44. The van der Waals surface area contributed by atoms with Gasteiger partial charge in [-0.15, -0.1) is 0 Å². The number of halogens is 2. The normalized spacial score (nSPS) is 10.5. The van der Waals surface area contributed by atoms with Crippen molar-refractivity contribution in [1.82, 2.24) is 9.78 Å². The maximum atomic E-state index is 12.1. The van der Waals surface area contributed by atoms with Crippen LogP contribution in [0, 0.1) is 0 Å². The van der Waals surface area contributed by atoms with E-state index in [0.717, 1.165) is 0 Å².